The number of thiocarbonyl (C=S) groups is 1. The van der Waals surface area contributed by atoms with Crippen molar-refractivity contribution in [3.8, 4) is 0 Å². The third-order valence-corrected chi connectivity index (χ3v) is 2.91. The molecular formula is C13H19N3OS. The molecule has 0 aliphatic carbocycles. The van der Waals surface area contributed by atoms with Crippen LogP contribution in [0.5, 0.6) is 0 Å². The molecule has 0 aromatic heterocycles. The summed E-state index contributed by atoms with van der Waals surface area (Å²) in [6.07, 6.45) is 0.521. The van der Waals surface area contributed by atoms with E-state index in [0.717, 1.165) is 11.3 Å². The summed E-state index contributed by atoms with van der Waals surface area (Å²) in [5.74, 6) is 0. The van der Waals surface area contributed by atoms with E-state index in [9.17, 15) is 4.79 Å². The minimum Gasteiger partial charge on any atom is -0.393 e. The van der Waals surface area contributed by atoms with Crippen LogP contribution in [0.3, 0.4) is 0 Å². The predicted molar refractivity (Wildman–Crippen MR) is 78.8 cm³/mol. The molecule has 4 nitrogen and oxygen atoms in total. The molecule has 1 aromatic carbocycles. The van der Waals surface area contributed by atoms with Gasteiger partial charge in [-0.25, -0.2) is 4.79 Å². The second-order valence-corrected chi connectivity index (χ2v) is 4.95. The average molecular weight is 265 g/mol. The normalized spacial score (nSPS) is 11.7. The van der Waals surface area contributed by atoms with E-state index in [0.29, 0.717) is 11.4 Å². The molecule has 1 aromatic rings. The van der Waals surface area contributed by atoms with E-state index in [1.54, 1.807) is 11.9 Å². The van der Waals surface area contributed by atoms with Gasteiger partial charge in [0.05, 0.1) is 4.99 Å². The van der Waals surface area contributed by atoms with Crippen molar-refractivity contribution in [3.63, 3.8) is 0 Å². The first kappa shape index (κ1) is 14.4. The molecule has 1 rings (SSSR count). The van der Waals surface area contributed by atoms with Crippen molar-refractivity contribution < 1.29 is 4.79 Å². The van der Waals surface area contributed by atoms with E-state index in [2.05, 4.69) is 5.32 Å². The fraction of sp³-hybridized carbons (Fsp3) is 0.385. The third kappa shape index (κ3) is 4.33. The Kier molecular flexibility index (Phi) is 5.09. The number of carbonyl (C=O) groups excluding carboxylic acids is 1. The van der Waals surface area contributed by atoms with Gasteiger partial charge in [-0.2, -0.15) is 0 Å². The molecule has 0 spiro atoms. The van der Waals surface area contributed by atoms with Gasteiger partial charge in [-0.05, 0) is 31.5 Å². The van der Waals surface area contributed by atoms with Crippen LogP contribution in [0.25, 0.3) is 0 Å². The van der Waals surface area contributed by atoms with Crippen LogP contribution in [0.4, 0.5) is 10.5 Å². The highest BCUT2D eigenvalue weighted by Crippen LogP contribution is 2.11. The van der Waals surface area contributed by atoms with Crippen LogP contribution in [0, 0.1) is 6.92 Å². The molecule has 0 radical (unpaired) electrons. The van der Waals surface area contributed by atoms with E-state index >= 15 is 0 Å². The van der Waals surface area contributed by atoms with Crippen LogP contribution in [0.1, 0.15) is 18.9 Å². The summed E-state index contributed by atoms with van der Waals surface area (Å²) in [6, 6.07) is 7.48. The highest BCUT2D eigenvalue weighted by molar-refractivity contribution is 7.80. The number of rotatable bonds is 4. The molecule has 0 bridgehead atoms. The number of urea groups is 1. The van der Waals surface area contributed by atoms with Gasteiger partial charge in [-0.15, -0.1) is 0 Å². The Morgan fingerprint density at radius 3 is 2.78 bits per heavy atom. The molecule has 0 saturated carbocycles. The Morgan fingerprint density at radius 2 is 2.22 bits per heavy atom. The van der Waals surface area contributed by atoms with E-state index < -0.39 is 0 Å². The number of hydrogen-bond acceptors (Lipinski definition) is 2. The van der Waals surface area contributed by atoms with E-state index in [-0.39, 0.29) is 12.1 Å². The Hall–Kier alpha value is -1.62. The lowest BCUT2D eigenvalue weighted by Crippen LogP contribution is -2.40. The van der Waals surface area contributed by atoms with Crippen molar-refractivity contribution in [2.45, 2.75) is 26.3 Å². The lowest BCUT2D eigenvalue weighted by Gasteiger charge is -2.24. The van der Waals surface area contributed by atoms with Crippen molar-refractivity contribution >= 4 is 28.9 Å². The molecule has 0 saturated heterocycles. The number of aryl methyl sites for hydroxylation is 1. The highest BCUT2D eigenvalue weighted by Gasteiger charge is 2.16. The number of carbonyl (C=O) groups is 1. The Labute approximate surface area is 113 Å². The van der Waals surface area contributed by atoms with Gasteiger partial charge in [-0.3, -0.25) is 0 Å². The number of anilines is 1. The van der Waals surface area contributed by atoms with Crippen LogP contribution in [-0.2, 0) is 0 Å². The number of nitrogens with one attached hydrogen (secondary N) is 1. The summed E-state index contributed by atoms with van der Waals surface area (Å²) in [7, 11) is 1.73. The minimum absolute atomic E-state index is 0.0210. The van der Waals surface area contributed by atoms with Crippen LogP contribution < -0.4 is 11.1 Å². The van der Waals surface area contributed by atoms with Gasteiger partial charge in [0.25, 0.3) is 0 Å². The lowest BCUT2D eigenvalue weighted by molar-refractivity contribution is 0.209. The first-order valence-corrected chi connectivity index (χ1v) is 6.19. The lowest BCUT2D eigenvalue weighted by atomic mass is 10.2. The molecule has 0 aliphatic heterocycles. The van der Waals surface area contributed by atoms with Crippen molar-refractivity contribution in [2.24, 2.45) is 5.73 Å². The topological polar surface area (TPSA) is 58.4 Å². The average Bonchev–Trinajstić information content (AvgIpc) is 2.27. The van der Waals surface area contributed by atoms with Gasteiger partial charge < -0.3 is 16.0 Å². The van der Waals surface area contributed by atoms with Gasteiger partial charge in [0.2, 0.25) is 0 Å². The molecule has 18 heavy (non-hydrogen) atoms. The number of nitrogens with zero attached hydrogens (tertiary/aromatic N) is 1. The molecule has 1 unspecified atom stereocenters. The first-order chi connectivity index (χ1) is 8.40. The molecule has 98 valence electrons. The molecule has 3 N–H and O–H groups in total. The second-order valence-electron chi connectivity index (χ2n) is 4.43. The summed E-state index contributed by atoms with van der Waals surface area (Å²) in [6.45, 7) is 3.89. The summed E-state index contributed by atoms with van der Waals surface area (Å²) < 4.78 is 0. The Bertz CT molecular complexity index is 448. The highest BCUT2D eigenvalue weighted by atomic mass is 32.1. The fourth-order valence-electron chi connectivity index (χ4n) is 1.56. The summed E-state index contributed by atoms with van der Waals surface area (Å²) >= 11 is 4.84. The third-order valence-electron chi connectivity index (χ3n) is 2.75. The minimum atomic E-state index is -0.163. The monoisotopic (exact) mass is 265 g/mol. The van der Waals surface area contributed by atoms with Crippen LogP contribution in [0.2, 0.25) is 0 Å². The van der Waals surface area contributed by atoms with Gasteiger partial charge in [0.1, 0.15) is 0 Å². The van der Waals surface area contributed by atoms with E-state index in [1.807, 2.05) is 38.1 Å². The van der Waals surface area contributed by atoms with Gasteiger partial charge >= 0.3 is 6.03 Å². The van der Waals surface area contributed by atoms with Crippen molar-refractivity contribution in [1.29, 1.82) is 0 Å². The van der Waals surface area contributed by atoms with Crippen LogP contribution in [-0.4, -0.2) is 29.0 Å². The summed E-state index contributed by atoms with van der Waals surface area (Å²) in [4.78, 5) is 14.0. The molecule has 0 fully saturated rings. The van der Waals surface area contributed by atoms with Gasteiger partial charge in [0.15, 0.2) is 0 Å². The zero-order valence-corrected chi connectivity index (χ0v) is 11.8. The Morgan fingerprint density at radius 1 is 1.56 bits per heavy atom. The summed E-state index contributed by atoms with van der Waals surface area (Å²) in [5.41, 5.74) is 7.37. The van der Waals surface area contributed by atoms with Crippen molar-refractivity contribution in [3.05, 3.63) is 29.8 Å². The van der Waals surface area contributed by atoms with Gasteiger partial charge in [0, 0.05) is 25.2 Å². The number of amides is 2. The maximum absolute atomic E-state index is 12.0. The maximum atomic E-state index is 12.0. The Balaban J connectivity index is 2.62. The molecule has 5 heteroatoms. The number of nitrogens with two attached hydrogens (primary N) is 1. The molecule has 0 heterocycles. The predicted octanol–water partition coefficient (Wildman–Crippen LogP) is 2.52. The van der Waals surface area contributed by atoms with E-state index in [4.69, 9.17) is 18.0 Å². The zero-order chi connectivity index (χ0) is 13.7. The van der Waals surface area contributed by atoms with E-state index in [1.165, 1.54) is 0 Å². The SMILES string of the molecule is Cc1cccc(NC(=O)N(C)C(C)CC(N)=S)c1. The standard InChI is InChI=1S/C13H19N3OS/c1-9-5-4-6-11(7-9)15-13(17)16(3)10(2)8-12(14)18/h4-7,10H,8H2,1-3H3,(H2,14,18)(H,15,17). The molecule has 0 aliphatic rings. The fourth-order valence-corrected chi connectivity index (χ4v) is 1.80. The first-order valence-electron chi connectivity index (χ1n) is 5.79. The second kappa shape index (κ2) is 6.35. The maximum Gasteiger partial charge on any atom is 0.321 e. The zero-order valence-electron chi connectivity index (χ0n) is 10.9. The molecule has 1 atom stereocenters. The largest absolute Gasteiger partial charge is 0.393 e. The van der Waals surface area contributed by atoms with Crippen molar-refractivity contribution in [2.75, 3.05) is 12.4 Å². The summed E-state index contributed by atoms with van der Waals surface area (Å²) in [5, 5.41) is 2.84. The number of hydrogen-bond donors (Lipinski definition) is 2. The molecule has 2 amide bonds. The molecular weight excluding hydrogens is 246 g/mol. The van der Waals surface area contributed by atoms with Crippen LogP contribution in [0.15, 0.2) is 24.3 Å². The quantitative estimate of drug-likeness (QED) is 0.822. The van der Waals surface area contributed by atoms with Crippen LogP contribution >= 0.6 is 12.2 Å². The van der Waals surface area contributed by atoms with Crippen molar-refractivity contribution in [1.82, 2.24) is 4.90 Å². The number of benzene rings is 1. The smallest absolute Gasteiger partial charge is 0.321 e. The van der Waals surface area contributed by atoms with Gasteiger partial charge in [-0.1, -0.05) is 24.4 Å².